The van der Waals surface area contributed by atoms with E-state index in [0.717, 1.165) is 17.2 Å². The highest BCUT2D eigenvalue weighted by molar-refractivity contribution is 5.57. The van der Waals surface area contributed by atoms with Gasteiger partial charge in [-0.25, -0.2) is 0 Å². The molecular weight excluding hydrogens is 180 g/mol. The summed E-state index contributed by atoms with van der Waals surface area (Å²) in [7, 11) is 1.63. The number of methoxy groups -OCH3 is 1. The first-order valence-corrected chi connectivity index (χ1v) is 4.70. The van der Waals surface area contributed by atoms with Gasteiger partial charge >= 0.3 is 0 Å². The lowest BCUT2D eigenvalue weighted by Gasteiger charge is -2.11. The molecule has 1 aliphatic heterocycles. The van der Waals surface area contributed by atoms with E-state index in [4.69, 9.17) is 14.2 Å². The van der Waals surface area contributed by atoms with E-state index in [9.17, 15) is 0 Å². The fourth-order valence-corrected chi connectivity index (χ4v) is 1.61. The van der Waals surface area contributed by atoms with Crippen molar-refractivity contribution in [2.75, 3.05) is 13.9 Å². The minimum absolute atomic E-state index is 0.287. The summed E-state index contributed by atoms with van der Waals surface area (Å²) < 4.78 is 16.0. The zero-order chi connectivity index (χ0) is 10.1. The lowest BCUT2D eigenvalue weighted by Crippen LogP contribution is -1.95. The average molecular weight is 194 g/mol. The molecule has 0 radical (unpaired) electrons. The van der Waals surface area contributed by atoms with E-state index in [2.05, 4.69) is 13.8 Å². The molecule has 0 saturated heterocycles. The average Bonchev–Trinajstić information content (AvgIpc) is 2.64. The van der Waals surface area contributed by atoms with Gasteiger partial charge < -0.3 is 14.2 Å². The number of fused-ring (bicyclic) bond motifs is 1. The highest BCUT2D eigenvalue weighted by Gasteiger charge is 2.23. The van der Waals surface area contributed by atoms with Crippen LogP contribution in [0.5, 0.6) is 17.2 Å². The maximum absolute atomic E-state index is 5.43. The highest BCUT2D eigenvalue weighted by Crippen LogP contribution is 2.45. The summed E-state index contributed by atoms with van der Waals surface area (Å²) in [6.45, 7) is 4.54. The fraction of sp³-hybridized carbons (Fsp3) is 0.455. The van der Waals surface area contributed by atoms with E-state index in [0.29, 0.717) is 5.92 Å². The SMILES string of the molecule is COc1ccc(C(C)C)c2c1OCO2. The predicted octanol–water partition coefficient (Wildman–Crippen LogP) is 2.55. The van der Waals surface area contributed by atoms with Crippen LogP contribution in [0.4, 0.5) is 0 Å². The van der Waals surface area contributed by atoms with Gasteiger partial charge in [0.15, 0.2) is 11.5 Å². The Labute approximate surface area is 83.6 Å². The molecule has 0 aromatic heterocycles. The quantitative estimate of drug-likeness (QED) is 0.724. The van der Waals surface area contributed by atoms with E-state index in [1.165, 1.54) is 5.56 Å². The van der Waals surface area contributed by atoms with Crippen LogP contribution in [0.15, 0.2) is 12.1 Å². The summed E-state index contributed by atoms with van der Waals surface area (Å²) in [6, 6.07) is 3.94. The molecule has 76 valence electrons. The van der Waals surface area contributed by atoms with E-state index in [1.54, 1.807) is 7.11 Å². The van der Waals surface area contributed by atoms with Gasteiger partial charge in [0.1, 0.15) is 0 Å². The van der Waals surface area contributed by atoms with Gasteiger partial charge in [0.05, 0.1) is 7.11 Å². The fourth-order valence-electron chi connectivity index (χ4n) is 1.61. The third-order valence-corrected chi connectivity index (χ3v) is 2.35. The molecule has 0 saturated carbocycles. The largest absolute Gasteiger partial charge is 0.493 e. The van der Waals surface area contributed by atoms with E-state index < -0.39 is 0 Å². The smallest absolute Gasteiger partial charge is 0.231 e. The van der Waals surface area contributed by atoms with E-state index in [-0.39, 0.29) is 6.79 Å². The van der Waals surface area contributed by atoms with Crippen molar-refractivity contribution in [1.29, 1.82) is 0 Å². The summed E-state index contributed by atoms with van der Waals surface area (Å²) in [5, 5.41) is 0. The molecule has 1 heterocycles. The Morgan fingerprint density at radius 3 is 2.57 bits per heavy atom. The molecule has 2 rings (SSSR count). The number of hydrogen-bond donors (Lipinski definition) is 0. The standard InChI is InChI=1S/C11H14O3/c1-7(2)8-4-5-9(12-3)11-10(8)13-6-14-11/h4-5,7H,6H2,1-3H3. The molecule has 0 fully saturated rings. The molecule has 0 N–H and O–H groups in total. The molecule has 14 heavy (non-hydrogen) atoms. The predicted molar refractivity (Wildman–Crippen MR) is 53.2 cm³/mol. The van der Waals surface area contributed by atoms with Crippen molar-refractivity contribution in [3.8, 4) is 17.2 Å². The second kappa shape index (κ2) is 3.40. The molecule has 1 aliphatic rings. The van der Waals surface area contributed by atoms with Gasteiger partial charge in [-0.3, -0.25) is 0 Å². The van der Waals surface area contributed by atoms with Crippen LogP contribution in [0.3, 0.4) is 0 Å². The minimum atomic E-state index is 0.287. The third-order valence-electron chi connectivity index (χ3n) is 2.35. The van der Waals surface area contributed by atoms with Crippen LogP contribution < -0.4 is 14.2 Å². The van der Waals surface area contributed by atoms with Crippen molar-refractivity contribution in [1.82, 2.24) is 0 Å². The molecule has 0 amide bonds. The molecule has 0 atom stereocenters. The van der Waals surface area contributed by atoms with Gasteiger partial charge in [0.2, 0.25) is 12.5 Å². The van der Waals surface area contributed by atoms with E-state index in [1.807, 2.05) is 12.1 Å². The van der Waals surface area contributed by atoms with Crippen LogP contribution in [0, 0.1) is 0 Å². The summed E-state index contributed by atoms with van der Waals surface area (Å²) in [4.78, 5) is 0. The Bertz CT molecular complexity index is 345. The Morgan fingerprint density at radius 2 is 1.93 bits per heavy atom. The molecule has 0 unspecified atom stereocenters. The molecule has 1 aromatic carbocycles. The van der Waals surface area contributed by atoms with Gasteiger partial charge in [-0.15, -0.1) is 0 Å². The summed E-state index contributed by atoms with van der Waals surface area (Å²) in [6.07, 6.45) is 0. The lowest BCUT2D eigenvalue weighted by atomic mass is 10.0. The Hall–Kier alpha value is -1.38. The van der Waals surface area contributed by atoms with Crippen molar-refractivity contribution in [2.45, 2.75) is 19.8 Å². The first kappa shape index (κ1) is 9.19. The number of ether oxygens (including phenoxy) is 3. The van der Waals surface area contributed by atoms with Gasteiger partial charge in [0, 0.05) is 5.56 Å². The van der Waals surface area contributed by atoms with Crippen LogP contribution in [0.2, 0.25) is 0 Å². The number of benzene rings is 1. The number of hydrogen-bond acceptors (Lipinski definition) is 3. The monoisotopic (exact) mass is 194 g/mol. The van der Waals surface area contributed by atoms with Crippen LogP contribution >= 0.6 is 0 Å². The van der Waals surface area contributed by atoms with Crippen molar-refractivity contribution in [3.63, 3.8) is 0 Å². The molecule has 1 aromatic rings. The van der Waals surface area contributed by atoms with E-state index >= 15 is 0 Å². The Balaban J connectivity index is 2.53. The Morgan fingerprint density at radius 1 is 1.21 bits per heavy atom. The molecule has 0 spiro atoms. The topological polar surface area (TPSA) is 27.7 Å². The minimum Gasteiger partial charge on any atom is -0.493 e. The summed E-state index contributed by atoms with van der Waals surface area (Å²) in [5.74, 6) is 2.73. The van der Waals surface area contributed by atoms with Crippen LogP contribution in [-0.2, 0) is 0 Å². The van der Waals surface area contributed by atoms with Crippen molar-refractivity contribution >= 4 is 0 Å². The van der Waals surface area contributed by atoms with Crippen molar-refractivity contribution in [3.05, 3.63) is 17.7 Å². The molecule has 0 bridgehead atoms. The maximum Gasteiger partial charge on any atom is 0.231 e. The van der Waals surface area contributed by atoms with Crippen LogP contribution in [-0.4, -0.2) is 13.9 Å². The molecule has 3 heteroatoms. The Kier molecular flexibility index (Phi) is 2.23. The number of rotatable bonds is 2. The van der Waals surface area contributed by atoms with Crippen LogP contribution in [0.1, 0.15) is 25.3 Å². The van der Waals surface area contributed by atoms with Gasteiger partial charge in [-0.2, -0.15) is 0 Å². The molecule has 3 nitrogen and oxygen atoms in total. The first-order valence-electron chi connectivity index (χ1n) is 4.70. The summed E-state index contributed by atoms with van der Waals surface area (Å²) >= 11 is 0. The second-order valence-corrected chi connectivity index (χ2v) is 3.58. The third kappa shape index (κ3) is 1.29. The summed E-state index contributed by atoms with van der Waals surface area (Å²) in [5.41, 5.74) is 1.17. The second-order valence-electron chi connectivity index (χ2n) is 3.58. The van der Waals surface area contributed by atoms with Gasteiger partial charge in [-0.1, -0.05) is 19.9 Å². The lowest BCUT2D eigenvalue weighted by molar-refractivity contribution is 0.170. The van der Waals surface area contributed by atoms with Gasteiger partial charge in [-0.05, 0) is 12.0 Å². The van der Waals surface area contributed by atoms with Gasteiger partial charge in [0.25, 0.3) is 0 Å². The van der Waals surface area contributed by atoms with Crippen LogP contribution in [0.25, 0.3) is 0 Å². The zero-order valence-corrected chi connectivity index (χ0v) is 8.66. The highest BCUT2D eigenvalue weighted by atomic mass is 16.7. The van der Waals surface area contributed by atoms with Crippen molar-refractivity contribution < 1.29 is 14.2 Å². The normalized spacial score (nSPS) is 13.4. The molecular formula is C11H14O3. The van der Waals surface area contributed by atoms with Crippen molar-refractivity contribution in [2.24, 2.45) is 0 Å². The zero-order valence-electron chi connectivity index (χ0n) is 8.66. The maximum atomic E-state index is 5.43. The first-order chi connectivity index (χ1) is 6.74. The molecule has 0 aliphatic carbocycles.